The first-order chi connectivity index (χ1) is 7.15. The lowest BCUT2D eigenvalue weighted by atomic mass is 10.1. The first-order valence-corrected chi connectivity index (χ1v) is 5.81. The predicted octanol–water partition coefficient (Wildman–Crippen LogP) is 0.751. The van der Waals surface area contributed by atoms with Crippen LogP contribution in [-0.4, -0.2) is 42.6 Å². The summed E-state index contributed by atoms with van der Waals surface area (Å²) in [5.74, 6) is 0.0415. The van der Waals surface area contributed by atoms with Crippen molar-refractivity contribution < 1.29 is 9.53 Å². The third kappa shape index (κ3) is 3.80. The van der Waals surface area contributed by atoms with Crippen molar-refractivity contribution in [3.05, 3.63) is 0 Å². The quantitative estimate of drug-likeness (QED) is 0.751. The van der Waals surface area contributed by atoms with Crippen molar-refractivity contribution >= 4 is 5.91 Å². The first-order valence-electron chi connectivity index (χ1n) is 5.81. The van der Waals surface area contributed by atoms with Gasteiger partial charge in [-0.05, 0) is 26.2 Å². The Balaban J connectivity index is 2.38. The minimum atomic E-state index is -0.394. The second kappa shape index (κ2) is 6.08. The van der Waals surface area contributed by atoms with Crippen LogP contribution in [0.15, 0.2) is 0 Å². The van der Waals surface area contributed by atoms with Gasteiger partial charge >= 0.3 is 0 Å². The summed E-state index contributed by atoms with van der Waals surface area (Å²) in [6.45, 7) is 6.14. The van der Waals surface area contributed by atoms with E-state index in [0.717, 1.165) is 32.4 Å². The van der Waals surface area contributed by atoms with Crippen LogP contribution in [0.5, 0.6) is 0 Å². The standard InChI is InChI=1S/C11H22N2O2/c1-3-7-15-10-5-4-6-13(8-10)11(14)9(2)12/h9-10H,3-8,12H2,1-2H3. The molecule has 2 unspecified atom stereocenters. The molecule has 88 valence electrons. The van der Waals surface area contributed by atoms with E-state index in [9.17, 15) is 4.79 Å². The third-order valence-corrected chi connectivity index (χ3v) is 2.64. The zero-order valence-electron chi connectivity index (χ0n) is 9.74. The molecule has 1 fully saturated rings. The molecule has 4 nitrogen and oxygen atoms in total. The third-order valence-electron chi connectivity index (χ3n) is 2.64. The van der Waals surface area contributed by atoms with E-state index >= 15 is 0 Å². The highest BCUT2D eigenvalue weighted by atomic mass is 16.5. The van der Waals surface area contributed by atoms with Gasteiger partial charge in [0.2, 0.25) is 5.91 Å². The van der Waals surface area contributed by atoms with Crippen LogP contribution in [0, 0.1) is 0 Å². The second-order valence-electron chi connectivity index (χ2n) is 4.21. The molecular formula is C11H22N2O2. The van der Waals surface area contributed by atoms with E-state index in [0.29, 0.717) is 6.54 Å². The molecule has 0 aromatic rings. The molecule has 4 heteroatoms. The Morgan fingerprint density at radius 1 is 1.67 bits per heavy atom. The SMILES string of the molecule is CCCOC1CCCN(C(=O)C(C)N)C1. The topological polar surface area (TPSA) is 55.6 Å². The molecule has 0 spiro atoms. The maximum absolute atomic E-state index is 11.7. The van der Waals surface area contributed by atoms with Crippen molar-refractivity contribution in [3.63, 3.8) is 0 Å². The van der Waals surface area contributed by atoms with Gasteiger partial charge in [-0.1, -0.05) is 6.92 Å². The van der Waals surface area contributed by atoms with Gasteiger partial charge in [0.1, 0.15) is 0 Å². The number of amides is 1. The molecule has 1 rings (SSSR count). The summed E-state index contributed by atoms with van der Waals surface area (Å²) >= 11 is 0. The normalized spacial score (nSPS) is 23.9. The number of ether oxygens (including phenoxy) is 1. The average molecular weight is 214 g/mol. The van der Waals surface area contributed by atoms with Gasteiger partial charge in [0, 0.05) is 19.7 Å². The first kappa shape index (κ1) is 12.5. The highest BCUT2D eigenvalue weighted by Crippen LogP contribution is 2.14. The molecule has 1 heterocycles. The Kier molecular flexibility index (Phi) is 5.05. The average Bonchev–Trinajstić information content (AvgIpc) is 2.25. The minimum absolute atomic E-state index is 0.0415. The number of carbonyl (C=O) groups excluding carboxylic acids is 1. The van der Waals surface area contributed by atoms with E-state index in [1.807, 2.05) is 4.90 Å². The minimum Gasteiger partial charge on any atom is -0.376 e. The fourth-order valence-electron chi connectivity index (χ4n) is 1.85. The molecule has 1 saturated heterocycles. The number of nitrogens with two attached hydrogens (primary N) is 1. The Hall–Kier alpha value is -0.610. The lowest BCUT2D eigenvalue weighted by Crippen LogP contribution is -2.48. The van der Waals surface area contributed by atoms with Gasteiger partial charge in [0.05, 0.1) is 12.1 Å². The maximum atomic E-state index is 11.7. The highest BCUT2D eigenvalue weighted by molar-refractivity contribution is 5.81. The van der Waals surface area contributed by atoms with Gasteiger partial charge in [-0.2, -0.15) is 0 Å². The van der Waals surface area contributed by atoms with Crippen molar-refractivity contribution in [1.82, 2.24) is 4.90 Å². The molecule has 0 bridgehead atoms. The largest absolute Gasteiger partial charge is 0.376 e. The lowest BCUT2D eigenvalue weighted by Gasteiger charge is -2.33. The monoisotopic (exact) mass is 214 g/mol. The summed E-state index contributed by atoms with van der Waals surface area (Å²) in [5, 5.41) is 0. The maximum Gasteiger partial charge on any atom is 0.239 e. The van der Waals surface area contributed by atoms with Crippen LogP contribution in [0.1, 0.15) is 33.1 Å². The van der Waals surface area contributed by atoms with Crippen LogP contribution in [0.3, 0.4) is 0 Å². The zero-order chi connectivity index (χ0) is 11.3. The fraction of sp³-hybridized carbons (Fsp3) is 0.909. The van der Waals surface area contributed by atoms with Gasteiger partial charge in [0.15, 0.2) is 0 Å². The van der Waals surface area contributed by atoms with E-state index in [-0.39, 0.29) is 12.0 Å². The molecule has 0 aromatic carbocycles. The Bertz CT molecular complexity index is 207. The molecule has 0 aromatic heterocycles. The van der Waals surface area contributed by atoms with E-state index < -0.39 is 6.04 Å². The van der Waals surface area contributed by atoms with Crippen LogP contribution in [0.4, 0.5) is 0 Å². The smallest absolute Gasteiger partial charge is 0.239 e. The molecule has 2 N–H and O–H groups in total. The number of piperidine rings is 1. The molecular weight excluding hydrogens is 192 g/mol. The van der Waals surface area contributed by atoms with Crippen LogP contribution >= 0.6 is 0 Å². The number of hydrogen-bond donors (Lipinski definition) is 1. The number of carbonyl (C=O) groups is 1. The number of hydrogen-bond acceptors (Lipinski definition) is 3. The van der Waals surface area contributed by atoms with Gasteiger partial charge in [-0.15, -0.1) is 0 Å². The predicted molar refractivity (Wildman–Crippen MR) is 59.5 cm³/mol. The van der Waals surface area contributed by atoms with E-state index in [4.69, 9.17) is 10.5 Å². The molecule has 0 radical (unpaired) electrons. The highest BCUT2D eigenvalue weighted by Gasteiger charge is 2.25. The Morgan fingerprint density at radius 2 is 2.40 bits per heavy atom. The lowest BCUT2D eigenvalue weighted by molar-refractivity contribution is -0.136. The molecule has 2 atom stereocenters. The van der Waals surface area contributed by atoms with Crippen LogP contribution in [0.2, 0.25) is 0 Å². The zero-order valence-corrected chi connectivity index (χ0v) is 9.74. The van der Waals surface area contributed by atoms with Crippen molar-refractivity contribution in [1.29, 1.82) is 0 Å². The van der Waals surface area contributed by atoms with Gasteiger partial charge in [-0.3, -0.25) is 4.79 Å². The van der Waals surface area contributed by atoms with Gasteiger partial charge in [0.25, 0.3) is 0 Å². The molecule has 0 saturated carbocycles. The molecule has 0 aliphatic carbocycles. The fourth-order valence-corrected chi connectivity index (χ4v) is 1.85. The van der Waals surface area contributed by atoms with Crippen LogP contribution in [0.25, 0.3) is 0 Å². The Labute approximate surface area is 91.8 Å². The number of nitrogens with zero attached hydrogens (tertiary/aromatic N) is 1. The second-order valence-corrected chi connectivity index (χ2v) is 4.21. The summed E-state index contributed by atoms with van der Waals surface area (Å²) in [6.07, 6.45) is 3.31. The summed E-state index contributed by atoms with van der Waals surface area (Å²) < 4.78 is 5.66. The van der Waals surface area contributed by atoms with Crippen molar-refractivity contribution in [2.75, 3.05) is 19.7 Å². The summed E-state index contributed by atoms with van der Waals surface area (Å²) in [6, 6.07) is -0.394. The van der Waals surface area contributed by atoms with Crippen molar-refractivity contribution in [2.45, 2.75) is 45.3 Å². The molecule has 1 aliphatic rings. The molecule has 15 heavy (non-hydrogen) atoms. The van der Waals surface area contributed by atoms with Crippen LogP contribution < -0.4 is 5.73 Å². The van der Waals surface area contributed by atoms with E-state index in [1.54, 1.807) is 6.92 Å². The van der Waals surface area contributed by atoms with E-state index in [1.165, 1.54) is 0 Å². The van der Waals surface area contributed by atoms with Crippen molar-refractivity contribution in [3.8, 4) is 0 Å². The summed E-state index contributed by atoms with van der Waals surface area (Å²) in [5.41, 5.74) is 5.58. The number of likely N-dealkylation sites (tertiary alicyclic amines) is 1. The van der Waals surface area contributed by atoms with Gasteiger partial charge < -0.3 is 15.4 Å². The van der Waals surface area contributed by atoms with Crippen LogP contribution in [-0.2, 0) is 9.53 Å². The molecule has 1 aliphatic heterocycles. The van der Waals surface area contributed by atoms with E-state index in [2.05, 4.69) is 6.92 Å². The summed E-state index contributed by atoms with van der Waals surface area (Å²) in [4.78, 5) is 13.5. The van der Waals surface area contributed by atoms with Gasteiger partial charge in [-0.25, -0.2) is 0 Å². The number of rotatable bonds is 4. The summed E-state index contributed by atoms with van der Waals surface area (Å²) in [7, 11) is 0. The van der Waals surface area contributed by atoms with Crippen molar-refractivity contribution in [2.24, 2.45) is 5.73 Å². The Morgan fingerprint density at radius 3 is 3.00 bits per heavy atom. The molecule has 1 amide bonds.